The number of aliphatic hydroxyl groups is 1. The van der Waals surface area contributed by atoms with Crippen LogP contribution in [0.3, 0.4) is 0 Å². The summed E-state index contributed by atoms with van der Waals surface area (Å²) in [6.45, 7) is 8.68. The fourth-order valence-corrected chi connectivity index (χ4v) is 1.77. The highest BCUT2D eigenvalue weighted by atomic mass is 16.3. The third kappa shape index (κ3) is 4.88. The molecule has 96 valence electrons. The lowest BCUT2D eigenvalue weighted by Crippen LogP contribution is -2.24. The van der Waals surface area contributed by atoms with E-state index in [9.17, 15) is 0 Å². The van der Waals surface area contributed by atoms with E-state index in [1.807, 2.05) is 7.05 Å². The summed E-state index contributed by atoms with van der Waals surface area (Å²) < 4.78 is 0. The molecule has 0 fully saturated rings. The first kappa shape index (κ1) is 14.2. The zero-order valence-corrected chi connectivity index (χ0v) is 11.5. The van der Waals surface area contributed by atoms with Gasteiger partial charge in [0.15, 0.2) is 0 Å². The average Bonchev–Trinajstić information content (AvgIpc) is 2.26. The molecular weight excluding hydrogens is 210 g/mol. The topological polar surface area (TPSA) is 23.5 Å². The maximum atomic E-state index is 8.82. The minimum absolute atomic E-state index is 0.228. The van der Waals surface area contributed by atoms with Crippen LogP contribution in [-0.2, 0) is 11.8 Å². The van der Waals surface area contributed by atoms with Crippen LogP contribution in [0.1, 0.15) is 31.9 Å². The number of benzene rings is 1. The smallest absolute Gasteiger partial charge is 0.0558 e. The van der Waals surface area contributed by atoms with Gasteiger partial charge in [0.2, 0.25) is 0 Å². The number of rotatable bonds is 5. The second kappa shape index (κ2) is 6.18. The van der Waals surface area contributed by atoms with Crippen LogP contribution in [-0.4, -0.2) is 36.8 Å². The van der Waals surface area contributed by atoms with Gasteiger partial charge in [-0.1, -0.05) is 45.0 Å². The molecule has 0 aliphatic carbocycles. The SMILES string of the molecule is CN(CCO)CCc1ccc(C(C)(C)C)cc1. The molecule has 2 nitrogen and oxygen atoms in total. The van der Waals surface area contributed by atoms with Crippen molar-refractivity contribution in [2.24, 2.45) is 0 Å². The maximum Gasteiger partial charge on any atom is 0.0558 e. The van der Waals surface area contributed by atoms with E-state index in [1.54, 1.807) is 0 Å². The molecule has 0 radical (unpaired) electrons. The van der Waals surface area contributed by atoms with Gasteiger partial charge >= 0.3 is 0 Å². The Kier molecular flexibility index (Phi) is 5.16. The summed E-state index contributed by atoms with van der Waals surface area (Å²) in [5, 5.41) is 8.82. The Morgan fingerprint density at radius 2 is 1.65 bits per heavy atom. The van der Waals surface area contributed by atoms with E-state index in [0.717, 1.165) is 19.5 Å². The van der Waals surface area contributed by atoms with E-state index in [-0.39, 0.29) is 12.0 Å². The zero-order valence-electron chi connectivity index (χ0n) is 11.5. The molecule has 0 heterocycles. The van der Waals surface area contributed by atoms with Crippen molar-refractivity contribution in [3.05, 3.63) is 35.4 Å². The molecular formula is C15H25NO. The van der Waals surface area contributed by atoms with Gasteiger partial charge in [0.25, 0.3) is 0 Å². The van der Waals surface area contributed by atoms with E-state index < -0.39 is 0 Å². The largest absolute Gasteiger partial charge is 0.395 e. The molecule has 0 saturated carbocycles. The van der Waals surface area contributed by atoms with Crippen molar-refractivity contribution in [3.63, 3.8) is 0 Å². The van der Waals surface area contributed by atoms with Crippen LogP contribution in [0.15, 0.2) is 24.3 Å². The quantitative estimate of drug-likeness (QED) is 0.847. The lowest BCUT2D eigenvalue weighted by atomic mass is 9.86. The Hall–Kier alpha value is -0.860. The van der Waals surface area contributed by atoms with Gasteiger partial charge in [-0.3, -0.25) is 0 Å². The van der Waals surface area contributed by atoms with Crippen LogP contribution >= 0.6 is 0 Å². The molecule has 1 N–H and O–H groups in total. The van der Waals surface area contributed by atoms with Gasteiger partial charge < -0.3 is 10.0 Å². The third-order valence-electron chi connectivity index (χ3n) is 3.08. The first-order valence-electron chi connectivity index (χ1n) is 6.32. The molecule has 0 amide bonds. The normalized spacial score (nSPS) is 12.1. The summed E-state index contributed by atoms with van der Waals surface area (Å²) in [4.78, 5) is 2.15. The van der Waals surface area contributed by atoms with Gasteiger partial charge in [0.05, 0.1) is 6.61 Å². The highest BCUT2D eigenvalue weighted by Crippen LogP contribution is 2.22. The second-order valence-corrected chi connectivity index (χ2v) is 5.72. The number of likely N-dealkylation sites (N-methyl/N-ethyl adjacent to an activating group) is 1. The summed E-state index contributed by atoms with van der Waals surface area (Å²) in [7, 11) is 2.04. The average molecular weight is 235 g/mol. The van der Waals surface area contributed by atoms with Crippen LogP contribution in [0.4, 0.5) is 0 Å². The molecule has 1 aromatic rings. The fourth-order valence-electron chi connectivity index (χ4n) is 1.77. The maximum absolute atomic E-state index is 8.82. The van der Waals surface area contributed by atoms with Crippen molar-refractivity contribution in [2.45, 2.75) is 32.6 Å². The summed E-state index contributed by atoms with van der Waals surface area (Å²) in [6.07, 6.45) is 1.04. The summed E-state index contributed by atoms with van der Waals surface area (Å²) in [5.74, 6) is 0. The van der Waals surface area contributed by atoms with Crippen molar-refractivity contribution in [3.8, 4) is 0 Å². The Morgan fingerprint density at radius 3 is 2.12 bits per heavy atom. The Balaban J connectivity index is 2.51. The molecule has 1 aromatic carbocycles. The number of nitrogens with zero attached hydrogens (tertiary/aromatic N) is 1. The summed E-state index contributed by atoms with van der Waals surface area (Å²) in [5.41, 5.74) is 2.97. The van der Waals surface area contributed by atoms with Crippen molar-refractivity contribution < 1.29 is 5.11 Å². The zero-order chi connectivity index (χ0) is 12.9. The van der Waals surface area contributed by atoms with Crippen LogP contribution in [0.2, 0.25) is 0 Å². The molecule has 0 aliphatic heterocycles. The third-order valence-corrected chi connectivity index (χ3v) is 3.08. The van der Waals surface area contributed by atoms with E-state index in [4.69, 9.17) is 5.11 Å². The van der Waals surface area contributed by atoms with Crippen LogP contribution < -0.4 is 0 Å². The van der Waals surface area contributed by atoms with Gasteiger partial charge in [0.1, 0.15) is 0 Å². The van der Waals surface area contributed by atoms with E-state index in [0.29, 0.717) is 0 Å². The molecule has 1 rings (SSSR count). The Morgan fingerprint density at radius 1 is 1.06 bits per heavy atom. The molecule has 0 saturated heterocycles. The van der Waals surface area contributed by atoms with Gasteiger partial charge in [0, 0.05) is 13.1 Å². The molecule has 0 aliphatic rings. The fraction of sp³-hybridized carbons (Fsp3) is 0.600. The predicted molar refractivity (Wildman–Crippen MR) is 73.4 cm³/mol. The molecule has 0 bridgehead atoms. The number of aliphatic hydroxyl groups excluding tert-OH is 1. The highest BCUT2D eigenvalue weighted by Gasteiger charge is 2.12. The molecule has 17 heavy (non-hydrogen) atoms. The Labute approximate surface area is 105 Å². The van der Waals surface area contributed by atoms with Crippen molar-refractivity contribution in [2.75, 3.05) is 26.7 Å². The molecule has 2 heteroatoms. The van der Waals surface area contributed by atoms with Crippen molar-refractivity contribution >= 4 is 0 Å². The number of hydrogen-bond donors (Lipinski definition) is 1. The van der Waals surface area contributed by atoms with E-state index in [1.165, 1.54) is 11.1 Å². The number of hydrogen-bond acceptors (Lipinski definition) is 2. The van der Waals surface area contributed by atoms with Gasteiger partial charge in [-0.15, -0.1) is 0 Å². The van der Waals surface area contributed by atoms with Crippen LogP contribution in [0.5, 0.6) is 0 Å². The minimum atomic E-state index is 0.228. The second-order valence-electron chi connectivity index (χ2n) is 5.72. The molecule has 0 spiro atoms. The van der Waals surface area contributed by atoms with Crippen molar-refractivity contribution in [1.29, 1.82) is 0 Å². The highest BCUT2D eigenvalue weighted by molar-refractivity contribution is 5.27. The first-order chi connectivity index (χ1) is 7.93. The summed E-state index contributed by atoms with van der Waals surface area (Å²) >= 11 is 0. The van der Waals surface area contributed by atoms with Crippen molar-refractivity contribution in [1.82, 2.24) is 4.90 Å². The molecule has 0 atom stereocenters. The van der Waals surface area contributed by atoms with Crippen LogP contribution in [0.25, 0.3) is 0 Å². The van der Waals surface area contributed by atoms with Gasteiger partial charge in [-0.2, -0.15) is 0 Å². The van der Waals surface area contributed by atoms with E-state index >= 15 is 0 Å². The lowest BCUT2D eigenvalue weighted by molar-refractivity contribution is 0.223. The monoisotopic (exact) mass is 235 g/mol. The summed E-state index contributed by atoms with van der Waals surface area (Å²) in [6, 6.07) is 8.88. The lowest BCUT2D eigenvalue weighted by Gasteiger charge is -2.19. The standard InChI is InChI=1S/C15H25NO/c1-15(2,3)14-7-5-13(6-8-14)9-10-16(4)11-12-17/h5-8,17H,9-12H2,1-4H3. The Bertz CT molecular complexity index is 324. The first-order valence-corrected chi connectivity index (χ1v) is 6.32. The minimum Gasteiger partial charge on any atom is -0.395 e. The molecule has 0 unspecified atom stereocenters. The van der Waals surface area contributed by atoms with Gasteiger partial charge in [-0.25, -0.2) is 0 Å². The molecule has 0 aromatic heterocycles. The predicted octanol–water partition coefficient (Wildman–Crippen LogP) is 2.45. The van der Waals surface area contributed by atoms with Gasteiger partial charge in [-0.05, 0) is 30.0 Å². The van der Waals surface area contributed by atoms with Crippen LogP contribution in [0, 0.1) is 0 Å². The van der Waals surface area contributed by atoms with E-state index in [2.05, 4.69) is 49.9 Å².